The largest absolute Gasteiger partial charge is 0.383 e. The first-order valence-corrected chi connectivity index (χ1v) is 9.22. The van der Waals surface area contributed by atoms with Crippen LogP contribution in [0.5, 0.6) is 0 Å². The van der Waals surface area contributed by atoms with Gasteiger partial charge in [-0.15, -0.1) is 5.10 Å². The average molecular weight is 362 g/mol. The summed E-state index contributed by atoms with van der Waals surface area (Å²) in [5.41, 5.74) is 1.07. The molecule has 0 amide bonds. The number of rotatable bonds is 8. The van der Waals surface area contributed by atoms with Gasteiger partial charge in [0.05, 0.1) is 19.2 Å². The Kier molecular flexibility index (Phi) is 6.51. The summed E-state index contributed by atoms with van der Waals surface area (Å²) in [6.07, 6.45) is 2.09. The molecule has 2 aromatic rings. The SMILES string of the molecule is CCC[C@H](c1nnnn1CCOC)N1CCN(c2ccc(F)cc2)CC1. The molecule has 3 rings (SSSR count). The first kappa shape index (κ1) is 18.7. The molecule has 7 nitrogen and oxygen atoms in total. The van der Waals surface area contributed by atoms with Gasteiger partial charge in [0, 0.05) is 39.0 Å². The Bertz CT molecular complexity index is 669. The first-order chi connectivity index (χ1) is 12.7. The number of aromatic nitrogens is 4. The summed E-state index contributed by atoms with van der Waals surface area (Å²) in [6.45, 7) is 7.12. The van der Waals surface area contributed by atoms with E-state index in [2.05, 4.69) is 32.2 Å². The number of anilines is 1. The van der Waals surface area contributed by atoms with E-state index >= 15 is 0 Å². The van der Waals surface area contributed by atoms with Crippen molar-refractivity contribution < 1.29 is 9.13 Å². The van der Waals surface area contributed by atoms with Gasteiger partial charge in [0.15, 0.2) is 5.82 Å². The van der Waals surface area contributed by atoms with Crippen molar-refractivity contribution in [1.82, 2.24) is 25.1 Å². The highest BCUT2D eigenvalue weighted by Crippen LogP contribution is 2.26. The van der Waals surface area contributed by atoms with E-state index in [1.54, 1.807) is 7.11 Å². The van der Waals surface area contributed by atoms with Crippen molar-refractivity contribution >= 4 is 5.69 Å². The standard InChI is InChI=1S/C18H27FN6O/c1-3-4-17(18-20-21-22-25(18)13-14-26-2)24-11-9-23(10-12-24)16-7-5-15(19)6-8-16/h5-8,17H,3-4,9-14H2,1-2H3/t17-/m1/s1. The molecule has 1 atom stereocenters. The van der Waals surface area contributed by atoms with Crippen LogP contribution in [0.2, 0.25) is 0 Å². The van der Waals surface area contributed by atoms with Gasteiger partial charge in [0.25, 0.3) is 0 Å². The van der Waals surface area contributed by atoms with Crippen LogP contribution in [0.1, 0.15) is 31.6 Å². The number of halogens is 1. The minimum absolute atomic E-state index is 0.196. The average Bonchev–Trinajstić information content (AvgIpc) is 3.13. The quantitative estimate of drug-likeness (QED) is 0.717. The second-order valence-corrected chi connectivity index (χ2v) is 6.56. The molecule has 1 aromatic carbocycles. The summed E-state index contributed by atoms with van der Waals surface area (Å²) in [4.78, 5) is 4.76. The fourth-order valence-electron chi connectivity index (χ4n) is 3.48. The van der Waals surface area contributed by atoms with Crippen LogP contribution < -0.4 is 4.90 Å². The van der Waals surface area contributed by atoms with Crippen molar-refractivity contribution in [3.8, 4) is 0 Å². The molecule has 0 N–H and O–H groups in total. The molecule has 1 saturated heterocycles. The lowest BCUT2D eigenvalue weighted by molar-refractivity contribution is 0.153. The van der Waals surface area contributed by atoms with E-state index in [1.807, 2.05) is 16.8 Å². The van der Waals surface area contributed by atoms with Gasteiger partial charge in [-0.1, -0.05) is 13.3 Å². The molecule has 0 radical (unpaired) electrons. The van der Waals surface area contributed by atoms with Gasteiger partial charge in [-0.05, 0) is 41.1 Å². The number of methoxy groups -OCH3 is 1. The molecular formula is C18H27FN6O. The van der Waals surface area contributed by atoms with Crippen LogP contribution in [0, 0.1) is 5.82 Å². The third kappa shape index (κ3) is 4.37. The van der Waals surface area contributed by atoms with Crippen LogP contribution in [0.3, 0.4) is 0 Å². The molecule has 0 aliphatic carbocycles. The highest BCUT2D eigenvalue weighted by molar-refractivity contribution is 5.46. The van der Waals surface area contributed by atoms with Crippen molar-refractivity contribution in [2.24, 2.45) is 0 Å². The Morgan fingerprint density at radius 2 is 1.88 bits per heavy atom. The maximum atomic E-state index is 13.1. The zero-order chi connectivity index (χ0) is 18.4. The minimum atomic E-state index is -0.196. The lowest BCUT2D eigenvalue weighted by Gasteiger charge is -2.39. The van der Waals surface area contributed by atoms with Crippen LogP contribution in [0.15, 0.2) is 24.3 Å². The van der Waals surface area contributed by atoms with E-state index in [4.69, 9.17) is 4.74 Å². The fourth-order valence-corrected chi connectivity index (χ4v) is 3.48. The van der Waals surface area contributed by atoms with Gasteiger partial charge in [-0.2, -0.15) is 0 Å². The molecule has 1 aliphatic rings. The van der Waals surface area contributed by atoms with Gasteiger partial charge in [0.1, 0.15) is 5.82 Å². The Morgan fingerprint density at radius 1 is 1.15 bits per heavy atom. The second kappa shape index (κ2) is 9.05. The number of tetrazole rings is 1. The zero-order valence-corrected chi connectivity index (χ0v) is 15.5. The first-order valence-electron chi connectivity index (χ1n) is 9.22. The second-order valence-electron chi connectivity index (χ2n) is 6.56. The molecule has 2 heterocycles. The van der Waals surface area contributed by atoms with Crippen LogP contribution in [0.4, 0.5) is 10.1 Å². The predicted octanol–water partition coefficient (Wildman–Crippen LogP) is 2.12. The third-order valence-electron chi connectivity index (χ3n) is 4.87. The molecule has 8 heteroatoms. The summed E-state index contributed by atoms with van der Waals surface area (Å²) in [5, 5.41) is 12.3. The number of hydrogen-bond donors (Lipinski definition) is 0. The minimum Gasteiger partial charge on any atom is -0.383 e. The molecule has 1 aromatic heterocycles. The van der Waals surface area contributed by atoms with Crippen LogP contribution in [0.25, 0.3) is 0 Å². The van der Waals surface area contributed by atoms with Crippen molar-refractivity contribution in [3.63, 3.8) is 0 Å². The van der Waals surface area contributed by atoms with E-state index < -0.39 is 0 Å². The Morgan fingerprint density at radius 3 is 2.54 bits per heavy atom. The van der Waals surface area contributed by atoms with Gasteiger partial charge >= 0.3 is 0 Å². The van der Waals surface area contributed by atoms with Crippen LogP contribution in [-0.2, 0) is 11.3 Å². The summed E-state index contributed by atoms with van der Waals surface area (Å²) < 4.78 is 20.2. The van der Waals surface area contributed by atoms with Gasteiger partial charge in [-0.3, -0.25) is 4.90 Å². The van der Waals surface area contributed by atoms with Crippen molar-refractivity contribution in [1.29, 1.82) is 0 Å². The molecule has 26 heavy (non-hydrogen) atoms. The highest BCUT2D eigenvalue weighted by Gasteiger charge is 2.28. The number of piperazine rings is 1. The lowest BCUT2D eigenvalue weighted by Crippen LogP contribution is -2.48. The summed E-state index contributed by atoms with van der Waals surface area (Å²) in [6, 6.07) is 6.94. The summed E-state index contributed by atoms with van der Waals surface area (Å²) >= 11 is 0. The van der Waals surface area contributed by atoms with Gasteiger partial charge in [-0.25, -0.2) is 9.07 Å². The van der Waals surface area contributed by atoms with Gasteiger partial charge < -0.3 is 9.64 Å². The monoisotopic (exact) mass is 362 g/mol. The molecular weight excluding hydrogens is 335 g/mol. The molecule has 142 valence electrons. The molecule has 1 aliphatic heterocycles. The normalized spacial score (nSPS) is 16.8. The zero-order valence-electron chi connectivity index (χ0n) is 15.5. The van der Waals surface area contributed by atoms with Crippen LogP contribution in [-0.4, -0.2) is 65.0 Å². The molecule has 0 bridgehead atoms. The van der Waals surface area contributed by atoms with Crippen molar-refractivity contribution in [2.45, 2.75) is 32.4 Å². The smallest absolute Gasteiger partial charge is 0.168 e. The number of nitrogens with zero attached hydrogens (tertiary/aromatic N) is 6. The maximum Gasteiger partial charge on any atom is 0.168 e. The van der Waals surface area contributed by atoms with Crippen LogP contribution >= 0.6 is 0 Å². The van der Waals surface area contributed by atoms with E-state index in [1.165, 1.54) is 12.1 Å². The van der Waals surface area contributed by atoms with Crippen molar-refractivity contribution in [3.05, 3.63) is 35.9 Å². The molecule has 1 fully saturated rings. The maximum absolute atomic E-state index is 13.1. The molecule has 0 saturated carbocycles. The number of benzene rings is 1. The number of hydrogen-bond acceptors (Lipinski definition) is 6. The Hall–Kier alpha value is -2.06. The predicted molar refractivity (Wildman–Crippen MR) is 97.5 cm³/mol. The molecule has 0 spiro atoms. The third-order valence-corrected chi connectivity index (χ3v) is 4.87. The van der Waals surface area contributed by atoms with E-state index in [9.17, 15) is 4.39 Å². The Labute approximate surface area is 153 Å². The van der Waals surface area contributed by atoms with Gasteiger partial charge in [0.2, 0.25) is 0 Å². The van der Waals surface area contributed by atoms with Crippen molar-refractivity contribution in [2.75, 3.05) is 44.8 Å². The summed E-state index contributed by atoms with van der Waals surface area (Å²) in [7, 11) is 1.68. The Balaban J connectivity index is 1.67. The lowest BCUT2D eigenvalue weighted by atomic mass is 10.1. The van der Waals surface area contributed by atoms with E-state index in [-0.39, 0.29) is 11.9 Å². The topological polar surface area (TPSA) is 59.3 Å². The number of ether oxygens (including phenoxy) is 1. The van der Waals surface area contributed by atoms with E-state index in [0.717, 1.165) is 50.5 Å². The summed E-state index contributed by atoms with van der Waals surface area (Å²) in [5.74, 6) is 0.720. The van der Waals surface area contributed by atoms with E-state index in [0.29, 0.717) is 13.2 Å². The highest BCUT2D eigenvalue weighted by atomic mass is 19.1. The fraction of sp³-hybridized carbons (Fsp3) is 0.611. The molecule has 0 unspecified atom stereocenters.